The molecule has 4 heteroatoms. The minimum absolute atomic E-state index is 0.115. The Bertz CT molecular complexity index is 508. The fourth-order valence-electron chi connectivity index (χ4n) is 2.47. The first kappa shape index (κ1) is 11.6. The number of hydrogen-bond acceptors (Lipinski definition) is 3. The van der Waals surface area contributed by atoms with Crippen molar-refractivity contribution in [2.24, 2.45) is 5.92 Å². The summed E-state index contributed by atoms with van der Waals surface area (Å²) in [7, 11) is -1.21. The fourth-order valence-corrected chi connectivity index (χ4v) is 4.36. The maximum atomic E-state index is 12.0. The number of fused-ring (bicyclic) bond motifs is 1. The van der Waals surface area contributed by atoms with Gasteiger partial charge < -0.3 is 5.32 Å². The second kappa shape index (κ2) is 3.86. The van der Waals surface area contributed by atoms with Gasteiger partial charge >= 0.3 is 0 Å². The molecule has 0 saturated carbocycles. The van der Waals surface area contributed by atoms with Gasteiger partial charge in [-0.25, -0.2) is 8.42 Å². The summed E-state index contributed by atoms with van der Waals surface area (Å²) >= 11 is 0. The van der Waals surface area contributed by atoms with Crippen molar-refractivity contribution in [3.05, 3.63) is 29.3 Å². The third-order valence-electron chi connectivity index (χ3n) is 3.20. The molecular formula is C12H17NO2S. The highest BCUT2D eigenvalue weighted by atomic mass is 32.2. The van der Waals surface area contributed by atoms with Crippen LogP contribution >= 0.6 is 0 Å². The van der Waals surface area contributed by atoms with Crippen LogP contribution in [0.3, 0.4) is 0 Å². The molecule has 0 saturated heterocycles. The Hall–Kier alpha value is -0.870. The Morgan fingerprint density at radius 1 is 1.38 bits per heavy atom. The Kier molecular flexibility index (Phi) is 2.80. The molecule has 0 bridgehead atoms. The molecule has 1 aliphatic heterocycles. The predicted molar refractivity (Wildman–Crippen MR) is 64.2 cm³/mol. The molecule has 1 N–H and O–H groups in total. The van der Waals surface area contributed by atoms with Gasteiger partial charge in [-0.15, -0.1) is 0 Å². The minimum Gasteiger partial charge on any atom is -0.313 e. The van der Waals surface area contributed by atoms with Crippen molar-refractivity contribution in [1.29, 1.82) is 0 Å². The number of sulfone groups is 1. The van der Waals surface area contributed by atoms with Crippen molar-refractivity contribution in [3.63, 3.8) is 0 Å². The molecule has 88 valence electrons. The van der Waals surface area contributed by atoms with Gasteiger partial charge in [0.1, 0.15) is 0 Å². The van der Waals surface area contributed by atoms with Crippen molar-refractivity contribution in [1.82, 2.24) is 5.32 Å². The molecule has 0 aromatic heterocycles. The van der Waals surface area contributed by atoms with E-state index in [9.17, 15) is 8.42 Å². The Labute approximate surface area is 96.8 Å². The minimum atomic E-state index is -3.09. The lowest BCUT2D eigenvalue weighted by Crippen LogP contribution is -2.34. The zero-order chi connectivity index (χ0) is 11.9. The summed E-state index contributed by atoms with van der Waals surface area (Å²) in [6.07, 6.45) is 0. The van der Waals surface area contributed by atoms with E-state index in [1.165, 1.54) is 0 Å². The summed E-state index contributed by atoms with van der Waals surface area (Å²) in [6, 6.07) is 5.71. The van der Waals surface area contributed by atoms with Crippen LogP contribution < -0.4 is 5.32 Å². The first-order chi connectivity index (χ1) is 7.45. The van der Waals surface area contributed by atoms with E-state index in [1.807, 2.05) is 33.0 Å². The van der Waals surface area contributed by atoms with Gasteiger partial charge in [0, 0.05) is 6.04 Å². The average Bonchev–Trinajstić information content (AvgIpc) is 2.16. The quantitative estimate of drug-likeness (QED) is 0.811. The van der Waals surface area contributed by atoms with Crippen molar-refractivity contribution in [2.75, 3.05) is 12.8 Å². The van der Waals surface area contributed by atoms with E-state index in [4.69, 9.17) is 0 Å². The molecule has 3 nitrogen and oxygen atoms in total. The molecule has 16 heavy (non-hydrogen) atoms. The van der Waals surface area contributed by atoms with Crippen LogP contribution in [0, 0.1) is 12.8 Å². The largest absolute Gasteiger partial charge is 0.313 e. The molecule has 1 aromatic rings. The second-order valence-corrected chi connectivity index (χ2v) is 6.57. The molecule has 2 unspecified atom stereocenters. The maximum absolute atomic E-state index is 12.0. The van der Waals surface area contributed by atoms with Gasteiger partial charge in [-0.2, -0.15) is 0 Å². The van der Waals surface area contributed by atoms with E-state index in [2.05, 4.69) is 5.32 Å². The molecular weight excluding hydrogens is 222 g/mol. The van der Waals surface area contributed by atoms with Gasteiger partial charge in [-0.05, 0) is 31.5 Å². The molecule has 2 rings (SSSR count). The standard InChI is InChI=1S/C12H17NO2S/c1-8-4-5-11-10(6-8)12(13-3)9(2)7-16(11,14)15/h4-6,9,12-13H,7H2,1-3H3. The van der Waals surface area contributed by atoms with Crippen LogP contribution in [-0.2, 0) is 9.84 Å². The Morgan fingerprint density at radius 2 is 2.06 bits per heavy atom. The molecule has 0 fully saturated rings. The summed E-state index contributed by atoms with van der Waals surface area (Å²) in [5.74, 6) is 0.346. The van der Waals surface area contributed by atoms with Gasteiger partial charge in [0.15, 0.2) is 9.84 Å². The molecule has 1 aromatic carbocycles. The molecule has 0 amide bonds. The van der Waals surface area contributed by atoms with Gasteiger partial charge in [0.25, 0.3) is 0 Å². The summed E-state index contributed by atoms with van der Waals surface area (Å²) in [5, 5.41) is 3.21. The zero-order valence-corrected chi connectivity index (χ0v) is 10.6. The van der Waals surface area contributed by atoms with Crippen molar-refractivity contribution < 1.29 is 8.42 Å². The lowest BCUT2D eigenvalue weighted by molar-refractivity contribution is 0.421. The van der Waals surface area contributed by atoms with Crippen LogP contribution in [0.5, 0.6) is 0 Å². The molecule has 0 spiro atoms. The van der Waals surface area contributed by atoms with Crippen molar-refractivity contribution >= 4 is 9.84 Å². The van der Waals surface area contributed by atoms with E-state index < -0.39 is 9.84 Å². The highest BCUT2D eigenvalue weighted by Crippen LogP contribution is 2.35. The summed E-state index contributed by atoms with van der Waals surface area (Å²) in [6.45, 7) is 3.96. The number of rotatable bonds is 1. The molecule has 1 aliphatic rings. The zero-order valence-electron chi connectivity index (χ0n) is 9.82. The van der Waals surface area contributed by atoms with E-state index in [1.54, 1.807) is 6.07 Å². The lowest BCUT2D eigenvalue weighted by Gasteiger charge is -2.31. The van der Waals surface area contributed by atoms with Gasteiger partial charge in [0.05, 0.1) is 10.6 Å². The van der Waals surface area contributed by atoms with Crippen LogP contribution in [0.4, 0.5) is 0 Å². The van der Waals surface area contributed by atoms with Gasteiger partial charge in [-0.1, -0.05) is 24.6 Å². The highest BCUT2D eigenvalue weighted by molar-refractivity contribution is 7.91. The number of benzene rings is 1. The molecule has 0 radical (unpaired) electrons. The normalized spacial score (nSPS) is 27.4. The second-order valence-electron chi connectivity index (χ2n) is 4.57. The molecule has 1 heterocycles. The highest BCUT2D eigenvalue weighted by Gasteiger charge is 2.34. The SMILES string of the molecule is CNC1c2cc(C)ccc2S(=O)(=O)CC1C. The Morgan fingerprint density at radius 3 is 2.69 bits per heavy atom. The predicted octanol–water partition coefficient (Wildman–Crippen LogP) is 1.68. The number of nitrogens with one attached hydrogen (secondary N) is 1. The fraction of sp³-hybridized carbons (Fsp3) is 0.500. The maximum Gasteiger partial charge on any atom is 0.179 e. The monoisotopic (exact) mass is 239 g/mol. The van der Waals surface area contributed by atoms with Crippen molar-refractivity contribution in [2.45, 2.75) is 24.8 Å². The van der Waals surface area contributed by atoms with Crippen LogP contribution in [-0.4, -0.2) is 21.2 Å². The summed E-state index contributed by atoms with van der Waals surface area (Å²) in [5.41, 5.74) is 2.02. The smallest absolute Gasteiger partial charge is 0.179 e. The molecule has 0 aliphatic carbocycles. The van der Waals surface area contributed by atoms with Crippen LogP contribution in [0.1, 0.15) is 24.1 Å². The van der Waals surface area contributed by atoms with Crippen LogP contribution in [0.25, 0.3) is 0 Å². The van der Waals surface area contributed by atoms with Crippen LogP contribution in [0.2, 0.25) is 0 Å². The Balaban J connectivity index is 2.67. The van der Waals surface area contributed by atoms with E-state index in [0.29, 0.717) is 4.90 Å². The average molecular weight is 239 g/mol. The first-order valence-electron chi connectivity index (χ1n) is 5.46. The number of hydrogen-bond donors (Lipinski definition) is 1. The lowest BCUT2D eigenvalue weighted by atomic mass is 9.94. The van der Waals surface area contributed by atoms with Crippen LogP contribution in [0.15, 0.2) is 23.1 Å². The van der Waals surface area contributed by atoms with Crippen molar-refractivity contribution in [3.8, 4) is 0 Å². The topological polar surface area (TPSA) is 46.2 Å². The number of aryl methyl sites for hydroxylation is 1. The van der Waals surface area contributed by atoms with E-state index in [-0.39, 0.29) is 17.7 Å². The third-order valence-corrected chi connectivity index (χ3v) is 5.20. The third kappa shape index (κ3) is 1.76. The molecule has 2 atom stereocenters. The summed E-state index contributed by atoms with van der Waals surface area (Å²) < 4.78 is 24.1. The summed E-state index contributed by atoms with van der Waals surface area (Å²) in [4.78, 5) is 0.496. The van der Waals surface area contributed by atoms with E-state index in [0.717, 1.165) is 11.1 Å². The first-order valence-corrected chi connectivity index (χ1v) is 7.11. The van der Waals surface area contributed by atoms with Gasteiger partial charge in [0.2, 0.25) is 0 Å². The van der Waals surface area contributed by atoms with Gasteiger partial charge in [-0.3, -0.25) is 0 Å². The van der Waals surface area contributed by atoms with E-state index >= 15 is 0 Å².